The lowest BCUT2D eigenvalue weighted by atomic mass is 9.98. The van der Waals surface area contributed by atoms with Crippen LogP contribution < -0.4 is 10.5 Å². The molecule has 0 unspecified atom stereocenters. The van der Waals surface area contributed by atoms with Crippen LogP contribution in [0, 0.1) is 5.82 Å². The maximum absolute atomic E-state index is 13.4. The van der Waals surface area contributed by atoms with Gasteiger partial charge in [-0.05, 0) is 29.8 Å². The average Bonchev–Trinajstić information content (AvgIpc) is 2.42. The molecule has 0 heterocycles. The third-order valence-electron chi connectivity index (χ3n) is 2.90. The van der Waals surface area contributed by atoms with Crippen LogP contribution in [0.15, 0.2) is 36.4 Å². The first-order chi connectivity index (χ1) is 10.2. The van der Waals surface area contributed by atoms with Gasteiger partial charge < -0.3 is 15.6 Å². The zero-order valence-electron chi connectivity index (χ0n) is 10.9. The molecule has 118 valence electrons. The van der Waals surface area contributed by atoms with E-state index in [2.05, 4.69) is 4.74 Å². The maximum Gasteiger partial charge on any atom is 0.573 e. The lowest BCUT2D eigenvalue weighted by molar-refractivity contribution is -0.274. The van der Waals surface area contributed by atoms with Crippen molar-refractivity contribution in [3.8, 4) is 11.5 Å². The highest BCUT2D eigenvalue weighted by Gasteiger charge is 2.31. The van der Waals surface area contributed by atoms with Gasteiger partial charge in [0.2, 0.25) is 0 Å². The highest BCUT2D eigenvalue weighted by atomic mass is 35.5. The number of alkyl halides is 3. The predicted octanol–water partition coefficient (Wildman–Crippen LogP) is 4.13. The molecule has 0 saturated carbocycles. The van der Waals surface area contributed by atoms with Crippen LogP contribution in [0.3, 0.4) is 0 Å². The van der Waals surface area contributed by atoms with E-state index in [4.69, 9.17) is 17.3 Å². The van der Waals surface area contributed by atoms with Crippen molar-refractivity contribution < 1.29 is 27.4 Å². The van der Waals surface area contributed by atoms with Crippen LogP contribution in [-0.2, 0) is 0 Å². The van der Waals surface area contributed by atoms with Crippen molar-refractivity contribution in [3.05, 3.63) is 58.4 Å². The molecule has 3 nitrogen and oxygen atoms in total. The number of phenols is 1. The maximum atomic E-state index is 13.4. The molecule has 0 aromatic heterocycles. The van der Waals surface area contributed by atoms with E-state index in [1.165, 1.54) is 18.2 Å². The van der Waals surface area contributed by atoms with Gasteiger partial charge in [-0.1, -0.05) is 23.7 Å². The third kappa shape index (κ3) is 3.61. The van der Waals surface area contributed by atoms with E-state index < -0.39 is 29.7 Å². The van der Waals surface area contributed by atoms with Crippen LogP contribution in [0.1, 0.15) is 17.2 Å². The second-order valence-electron chi connectivity index (χ2n) is 4.39. The summed E-state index contributed by atoms with van der Waals surface area (Å²) in [4.78, 5) is 0. The number of nitrogens with two attached hydrogens (primary N) is 1. The molecule has 1 atom stereocenters. The van der Waals surface area contributed by atoms with Gasteiger partial charge in [0.15, 0.2) is 11.6 Å². The molecule has 22 heavy (non-hydrogen) atoms. The Kier molecular flexibility index (Phi) is 4.48. The van der Waals surface area contributed by atoms with E-state index in [1.54, 1.807) is 0 Å². The standard InChI is InChI=1S/C14H10ClF4NO2/c15-9-5-6-10(16)13(21)11(9)12(20)7-1-3-8(4-2-7)22-14(17,18)19/h1-6,12,21H,20H2/t12-/m0/s1. The van der Waals surface area contributed by atoms with E-state index in [0.29, 0.717) is 5.56 Å². The van der Waals surface area contributed by atoms with E-state index in [1.807, 2.05) is 0 Å². The summed E-state index contributed by atoms with van der Waals surface area (Å²) in [5.41, 5.74) is 6.17. The Morgan fingerprint density at radius 3 is 2.23 bits per heavy atom. The molecule has 0 spiro atoms. The van der Waals surface area contributed by atoms with Gasteiger partial charge in [0, 0.05) is 10.6 Å². The number of hydrogen-bond donors (Lipinski definition) is 2. The molecule has 0 fully saturated rings. The van der Waals surface area contributed by atoms with E-state index in [9.17, 15) is 22.7 Å². The Bertz CT molecular complexity index is 674. The molecular weight excluding hydrogens is 326 g/mol. The molecule has 0 aliphatic heterocycles. The van der Waals surface area contributed by atoms with E-state index >= 15 is 0 Å². The summed E-state index contributed by atoms with van der Waals surface area (Å²) in [6, 6.07) is 5.86. The fourth-order valence-corrected chi connectivity index (χ4v) is 2.17. The smallest absolute Gasteiger partial charge is 0.505 e. The summed E-state index contributed by atoms with van der Waals surface area (Å²) in [5.74, 6) is -2.01. The summed E-state index contributed by atoms with van der Waals surface area (Å²) in [5, 5.41) is 9.75. The van der Waals surface area contributed by atoms with E-state index in [0.717, 1.165) is 18.2 Å². The van der Waals surface area contributed by atoms with Crippen LogP contribution in [0.5, 0.6) is 11.5 Å². The third-order valence-corrected chi connectivity index (χ3v) is 3.23. The Labute approximate surface area is 127 Å². The zero-order chi connectivity index (χ0) is 16.5. The van der Waals surface area contributed by atoms with Crippen molar-refractivity contribution in [1.29, 1.82) is 0 Å². The van der Waals surface area contributed by atoms with Crippen molar-refractivity contribution in [1.82, 2.24) is 0 Å². The van der Waals surface area contributed by atoms with Gasteiger partial charge >= 0.3 is 6.36 Å². The molecular formula is C14H10ClF4NO2. The highest BCUT2D eigenvalue weighted by molar-refractivity contribution is 6.31. The fraction of sp³-hybridized carbons (Fsp3) is 0.143. The minimum atomic E-state index is -4.80. The van der Waals surface area contributed by atoms with Gasteiger partial charge in [-0.3, -0.25) is 0 Å². The molecule has 8 heteroatoms. The number of hydrogen-bond acceptors (Lipinski definition) is 3. The van der Waals surface area contributed by atoms with Crippen molar-refractivity contribution in [2.45, 2.75) is 12.4 Å². The normalized spacial score (nSPS) is 13.0. The molecule has 3 N–H and O–H groups in total. The molecule has 2 aromatic carbocycles. The molecule has 0 radical (unpaired) electrons. The van der Waals surface area contributed by atoms with Gasteiger partial charge in [0.1, 0.15) is 5.75 Å². The molecule has 0 saturated heterocycles. The van der Waals surface area contributed by atoms with Gasteiger partial charge in [0.05, 0.1) is 6.04 Å². The molecule has 2 rings (SSSR count). The van der Waals surface area contributed by atoms with Crippen LogP contribution >= 0.6 is 11.6 Å². The SMILES string of the molecule is N[C@@H](c1ccc(OC(F)(F)F)cc1)c1c(Cl)ccc(F)c1O. The van der Waals surface area contributed by atoms with Crippen molar-refractivity contribution in [2.75, 3.05) is 0 Å². The van der Waals surface area contributed by atoms with Crippen molar-refractivity contribution in [2.24, 2.45) is 5.73 Å². The second kappa shape index (κ2) is 6.02. The molecule has 0 aliphatic rings. The minimum absolute atomic E-state index is 0.0435. The summed E-state index contributed by atoms with van der Waals surface area (Å²) in [7, 11) is 0. The van der Waals surface area contributed by atoms with Crippen molar-refractivity contribution in [3.63, 3.8) is 0 Å². The van der Waals surface area contributed by atoms with Gasteiger partial charge in [-0.2, -0.15) is 0 Å². The average molecular weight is 336 g/mol. The number of rotatable bonds is 3. The molecule has 0 bridgehead atoms. The molecule has 0 aliphatic carbocycles. The first kappa shape index (κ1) is 16.4. The number of benzene rings is 2. The quantitative estimate of drug-likeness (QED) is 0.829. The number of aromatic hydroxyl groups is 1. The summed E-state index contributed by atoms with van der Waals surface area (Å²) in [6.45, 7) is 0. The number of halogens is 5. The van der Waals surface area contributed by atoms with Crippen LogP contribution in [0.25, 0.3) is 0 Å². The van der Waals surface area contributed by atoms with Crippen molar-refractivity contribution >= 4 is 11.6 Å². The Hall–Kier alpha value is -1.99. The second-order valence-corrected chi connectivity index (χ2v) is 4.79. The first-order valence-electron chi connectivity index (χ1n) is 5.97. The summed E-state index contributed by atoms with van der Waals surface area (Å²) >= 11 is 5.88. The topological polar surface area (TPSA) is 55.5 Å². The molecule has 0 amide bonds. The number of ether oxygens (including phenoxy) is 1. The Morgan fingerprint density at radius 1 is 1.09 bits per heavy atom. The van der Waals surface area contributed by atoms with Gasteiger partial charge in [-0.15, -0.1) is 13.2 Å². The highest BCUT2D eigenvalue weighted by Crippen LogP contribution is 2.36. The Balaban J connectivity index is 2.31. The van der Waals surface area contributed by atoms with Crippen LogP contribution in [0.4, 0.5) is 17.6 Å². The number of phenolic OH excluding ortho intramolecular Hbond substituents is 1. The fourth-order valence-electron chi connectivity index (χ4n) is 1.90. The zero-order valence-corrected chi connectivity index (χ0v) is 11.6. The van der Waals surface area contributed by atoms with Gasteiger partial charge in [0.25, 0.3) is 0 Å². The minimum Gasteiger partial charge on any atom is -0.505 e. The summed E-state index contributed by atoms with van der Waals surface area (Å²) < 4.78 is 53.3. The lowest BCUT2D eigenvalue weighted by Gasteiger charge is -2.17. The summed E-state index contributed by atoms with van der Waals surface area (Å²) in [6.07, 6.45) is -4.80. The van der Waals surface area contributed by atoms with E-state index in [-0.39, 0.29) is 10.6 Å². The first-order valence-corrected chi connectivity index (χ1v) is 6.35. The molecule has 2 aromatic rings. The Morgan fingerprint density at radius 2 is 1.68 bits per heavy atom. The van der Waals surface area contributed by atoms with Crippen LogP contribution in [0.2, 0.25) is 5.02 Å². The largest absolute Gasteiger partial charge is 0.573 e. The predicted molar refractivity (Wildman–Crippen MR) is 72.2 cm³/mol. The van der Waals surface area contributed by atoms with Crippen LogP contribution in [-0.4, -0.2) is 11.5 Å². The van der Waals surface area contributed by atoms with Gasteiger partial charge in [-0.25, -0.2) is 4.39 Å². The monoisotopic (exact) mass is 335 g/mol. The lowest BCUT2D eigenvalue weighted by Crippen LogP contribution is -2.17.